The van der Waals surface area contributed by atoms with E-state index in [1.165, 1.54) is 33.8 Å². The van der Waals surface area contributed by atoms with Crippen molar-refractivity contribution >= 4 is 17.9 Å². The van der Waals surface area contributed by atoms with Crippen molar-refractivity contribution in [1.29, 1.82) is 0 Å². The molecular formula is C24H40O9. The van der Waals surface area contributed by atoms with Gasteiger partial charge < -0.3 is 29.5 Å². The van der Waals surface area contributed by atoms with Crippen LogP contribution in [0.25, 0.3) is 0 Å². The van der Waals surface area contributed by atoms with Gasteiger partial charge in [0.1, 0.15) is 23.9 Å². The lowest BCUT2D eigenvalue weighted by atomic mass is 9.78. The average molecular weight is 473 g/mol. The fourth-order valence-corrected chi connectivity index (χ4v) is 4.14. The molecule has 190 valence electrons. The highest BCUT2D eigenvalue weighted by molar-refractivity contribution is 5.82. The number of carbonyl (C=O) groups is 3. The molecule has 9 nitrogen and oxygen atoms in total. The molecule has 0 aromatic rings. The van der Waals surface area contributed by atoms with E-state index in [1.807, 2.05) is 0 Å². The summed E-state index contributed by atoms with van der Waals surface area (Å²) in [5.74, 6) is -4.24. The molecule has 0 spiro atoms. The highest BCUT2D eigenvalue weighted by Gasteiger charge is 2.52. The number of aliphatic hydroxyl groups is 3. The lowest BCUT2D eigenvalue weighted by molar-refractivity contribution is -0.198. The summed E-state index contributed by atoms with van der Waals surface area (Å²) in [4.78, 5) is 36.6. The van der Waals surface area contributed by atoms with Crippen LogP contribution < -0.4 is 0 Å². The summed E-state index contributed by atoms with van der Waals surface area (Å²) in [6.45, 7) is 8.96. The molecule has 0 saturated carbocycles. The number of rotatable bonds is 9. The van der Waals surface area contributed by atoms with Crippen LogP contribution in [0.2, 0.25) is 0 Å². The van der Waals surface area contributed by atoms with Crippen LogP contribution in [0, 0.1) is 11.8 Å². The quantitative estimate of drug-likeness (QED) is 0.199. The average Bonchev–Trinajstić information content (AvgIpc) is 2.75. The van der Waals surface area contributed by atoms with Crippen LogP contribution in [0.4, 0.5) is 0 Å². The first kappa shape index (κ1) is 29.1. The van der Waals surface area contributed by atoms with Crippen LogP contribution in [0.3, 0.4) is 0 Å². The Morgan fingerprint density at radius 3 is 2.39 bits per heavy atom. The van der Waals surface area contributed by atoms with E-state index in [1.54, 1.807) is 0 Å². The Hall–Kier alpha value is -1.97. The number of ether oxygens (including phenoxy) is 3. The van der Waals surface area contributed by atoms with Gasteiger partial charge in [-0.25, -0.2) is 4.79 Å². The van der Waals surface area contributed by atoms with E-state index in [0.29, 0.717) is 6.42 Å². The zero-order valence-corrected chi connectivity index (χ0v) is 20.5. The number of hydrogen-bond donors (Lipinski definition) is 3. The summed E-state index contributed by atoms with van der Waals surface area (Å²) >= 11 is 0. The SMILES string of the molecule is CCCCCCC(O)/C=C/C(=O)O[C@@H]1[C@@H](C)[C@H](O)[C@@](C)(O)[C@H](OC(C)=O)[C@@H](C)C(=O)O[C@H]1C. The number of unbranched alkanes of at least 4 members (excludes halogenated alkanes) is 3. The summed E-state index contributed by atoms with van der Waals surface area (Å²) in [5.41, 5.74) is -2.03. The van der Waals surface area contributed by atoms with E-state index in [9.17, 15) is 29.7 Å². The maximum Gasteiger partial charge on any atom is 0.330 e. The number of cyclic esters (lactones) is 1. The van der Waals surface area contributed by atoms with E-state index in [0.717, 1.165) is 38.7 Å². The van der Waals surface area contributed by atoms with Gasteiger partial charge in [0.25, 0.3) is 0 Å². The van der Waals surface area contributed by atoms with E-state index in [-0.39, 0.29) is 0 Å². The standard InChI is InChI=1S/C24H40O9/c1-7-8-9-10-11-18(26)12-13-19(27)33-20-14(2)21(28)24(6,30)22(32-17(5)25)15(3)23(29)31-16(20)4/h12-16,18,20-22,26,28,30H,7-11H2,1-6H3/b13-12+/t14-,15-,16+,18?,20-,21+,22-,24-/m1/s1. The van der Waals surface area contributed by atoms with Crippen LogP contribution in [-0.2, 0) is 28.6 Å². The topological polar surface area (TPSA) is 140 Å². The molecular weight excluding hydrogens is 432 g/mol. The molecule has 1 rings (SSSR count). The molecule has 1 saturated heterocycles. The summed E-state index contributed by atoms with van der Waals surface area (Å²) in [7, 11) is 0. The minimum atomic E-state index is -2.03. The van der Waals surface area contributed by atoms with E-state index in [4.69, 9.17) is 14.2 Å². The van der Waals surface area contributed by atoms with E-state index >= 15 is 0 Å². The van der Waals surface area contributed by atoms with Crippen molar-refractivity contribution in [1.82, 2.24) is 0 Å². The Labute approximate surface area is 196 Å². The second-order valence-electron chi connectivity index (χ2n) is 9.17. The van der Waals surface area contributed by atoms with E-state index < -0.39 is 65.9 Å². The van der Waals surface area contributed by atoms with Gasteiger partial charge in [0, 0.05) is 18.9 Å². The van der Waals surface area contributed by atoms with Gasteiger partial charge in [-0.2, -0.15) is 0 Å². The van der Waals surface area contributed by atoms with Gasteiger partial charge in [0.15, 0.2) is 0 Å². The zero-order valence-electron chi connectivity index (χ0n) is 20.5. The van der Waals surface area contributed by atoms with Crippen molar-refractivity contribution in [2.45, 2.75) is 110 Å². The molecule has 0 aromatic heterocycles. The molecule has 9 heteroatoms. The van der Waals surface area contributed by atoms with Crippen molar-refractivity contribution < 1.29 is 43.9 Å². The van der Waals surface area contributed by atoms with Gasteiger partial charge in [0.05, 0.1) is 18.1 Å². The summed E-state index contributed by atoms with van der Waals surface area (Å²) < 4.78 is 16.1. The predicted octanol–water partition coefficient (Wildman–Crippen LogP) is 2.05. The van der Waals surface area contributed by atoms with Crippen LogP contribution in [0.15, 0.2) is 12.2 Å². The van der Waals surface area contributed by atoms with Gasteiger partial charge in [-0.1, -0.05) is 39.5 Å². The number of hydrogen-bond acceptors (Lipinski definition) is 9. The van der Waals surface area contributed by atoms with Crippen molar-refractivity contribution in [3.05, 3.63) is 12.2 Å². The predicted molar refractivity (Wildman–Crippen MR) is 120 cm³/mol. The molecule has 1 aliphatic rings. The Kier molecular flexibility index (Phi) is 11.5. The Bertz CT molecular complexity index is 687. The van der Waals surface area contributed by atoms with Crippen molar-refractivity contribution in [2.24, 2.45) is 11.8 Å². The fourth-order valence-electron chi connectivity index (χ4n) is 4.14. The lowest BCUT2D eigenvalue weighted by Gasteiger charge is -2.40. The Balaban J connectivity index is 3.01. The second kappa shape index (κ2) is 13.1. The van der Waals surface area contributed by atoms with Crippen LogP contribution in [0.5, 0.6) is 0 Å². The third kappa shape index (κ3) is 8.39. The number of carbonyl (C=O) groups excluding carboxylic acids is 3. The first-order chi connectivity index (χ1) is 15.3. The number of esters is 3. The minimum Gasteiger partial charge on any atom is -0.458 e. The summed E-state index contributed by atoms with van der Waals surface area (Å²) in [6, 6.07) is 0. The maximum absolute atomic E-state index is 12.6. The van der Waals surface area contributed by atoms with Crippen molar-refractivity contribution in [2.75, 3.05) is 0 Å². The third-order valence-corrected chi connectivity index (χ3v) is 6.13. The molecule has 0 aromatic carbocycles. The summed E-state index contributed by atoms with van der Waals surface area (Å²) in [6.07, 6.45) is 1.24. The number of aliphatic hydroxyl groups excluding tert-OH is 2. The smallest absolute Gasteiger partial charge is 0.330 e. The Morgan fingerprint density at radius 1 is 1.18 bits per heavy atom. The molecule has 0 radical (unpaired) electrons. The normalized spacial score (nSPS) is 34.0. The first-order valence-electron chi connectivity index (χ1n) is 11.7. The van der Waals surface area contributed by atoms with Crippen LogP contribution in [0.1, 0.15) is 73.6 Å². The lowest BCUT2D eigenvalue weighted by Crippen LogP contribution is -2.58. The van der Waals surface area contributed by atoms with E-state index in [2.05, 4.69) is 6.92 Å². The molecule has 1 aliphatic heterocycles. The van der Waals surface area contributed by atoms with Crippen LogP contribution in [-0.4, -0.2) is 69.3 Å². The first-order valence-corrected chi connectivity index (χ1v) is 11.7. The Morgan fingerprint density at radius 2 is 1.82 bits per heavy atom. The molecule has 0 aliphatic carbocycles. The van der Waals surface area contributed by atoms with Gasteiger partial charge in [0.2, 0.25) is 0 Å². The van der Waals surface area contributed by atoms with Gasteiger partial charge >= 0.3 is 17.9 Å². The second-order valence-corrected chi connectivity index (χ2v) is 9.17. The molecule has 1 fully saturated rings. The fraction of sp³-hybridized carbons (Fsp3) is 0.792. The van der Waals surface area contributed by atoms with Gasteiger partial charge in [-0.05, 0) is 33.3 Å². The molecule has 33 heavy (non-hydrogen) atoms. The molecule has 1 heterocycles. The van der Waals surface area contributed by atoms with Gasteiger partial charge in [-0.3, -0.25) is 9.59 Å². The monoisotopic (exact) mass is 472 g/mol. The highest BCUT2D eigenvalue weighted by atomic mass is 16.6. The molecule has 1 unspecified atom stereocenters. The van der Waals surface area contributed by atoms with Crippen molar-refractivity contribution in [3.63, 3.8) is 0 Å². The largest absolute Gasteiger partial charge is 0.458 e. The molecule has 0 amide bonds. The van der Waals surface area contributed by atoms with Crippen molar-refractivity contribution in [3.8, 4) is 0 Å². The van der Waals surface area contributed by atoms with Crippen LogP contribution >= 0.6 is 0 Å². The van der Waals surface area contributed by atoms with Gasteiger partial charge in [-0.15, -0.1) is 0 Å². The molecule has 0 bridgehead atoms. The molecule has 3 N–H and O–H groups in total. The third-order valence-electron chi connectivity index (χ3n) is 6.13. The summed E-state index contributed by atoms with van der Waals surface area (Å²) in [5, 5.41) is 32.0. The minimum absolute atomic E-state index is 0.522. The maximum atomic E-state index is 12.6. The highest BCUT2D eigenvalue weighted by Crippen LogP contribution is 2.34. The molecule has 8 atom stereocenters. The zero-order chi connectivity index (χ0) is 25.3.